The van der Waals surface area contributed by atoms with Crippen LogP contribution in [0.4, 0.5) is 5.69 Å². The van der Waals surface area contributed by atoms with Crippen LogP contribution >= 0.6 is 11.3 Å². The first kappa shape index (κ1) is 17.9. The van der Waals surface area contributed by atoms with Gasteiger partial charge < -0.3 is 15.8 Å². The summed E-state index contributed by atoms with van der Waals surface area (Å²) in [6, 6.07) is 12.1. The standard InChI is InChI=1S/C19H25N3O2S/c20-16-5-2-1-4-15(16)7-8-19(23)21-14-17(18-6-3-13-25-18)22-9-11-24-12-10-22/h1-6,13,17H,7-12,14,20H2,(H,21,23). The molecule has 1 aromatic heterocycles. The Morgan fingerprint density at radius 2 is 2.04 bits per heavy atom. The summed E-state index contributed by atoms with van der Waals surface area (Å²) in [5, 5.41) is 5.19. The van der Waals surface area contributed by atoms with E-state index in [0.717, 1.165) is 37.6 Å². The van der Waals surface area contributed by atoms with E-state index in [1.165, 1.54) is 4.88 Å². The highest BCUT2D eigenvalue weighted by Crippen LogP contribution is 2.25. The molecule has 134 valence electrons. The van der Waals surface area contributed by atoms with E-state index in [0.29, 0.717) is 19.4 Å². The minimum absolute atomic E-state index is 0.0677. The summed E-state index contributed by atoms with van der Waals surface area (Å²) >= 11 is 1.74. The van der Waals surface area contributed by atoms with Crippen molar-refractivity contribution in [3.63, 3.8) is 0 Å². The third kappa shape index (κ3) is 5.04. The van der Waals surface area contributed by atoms with Crippen LogP contribution < -0.4 is 11.1 Å². The lowest BCUT2D eigenvalue weighted by Gasteiger charge is -2.34. The van der Waals surface area contributed by atoms with Crippen LogP contribution in [0.5, 0.6) is 0 Å². The number of carbonyl (C=O) groups excluding carboxylic acids is 1. The molecule has 1 saturated heterocycles. The Bertz CT molecular complexity index is 669. The number of para-hydroxylation sites is 1. The first-order valence-electron chi connectivity index (χ1n) is 8.69. The molecule has 3 N–H and O–H groups in total. The summed E-state index contributed by atoms with van der Waals surface area (Å²) in [6.45, 7) is 3.94. The van der Waals surface area contributed by atoms with Crippen molar-refractivity contribution < 1.29 is 9.53 Å². The van der Waals surface area contributed by atoms with Gasteiger partial charge in [0.2, 0.25) is 5.91 Å². The Labute approximate surface area is 152 Å². The summed E-state index contributed by atoms with van der Waals surface area (Å²) < 4.78 is 5.45. The molecule has 1 unspecified atom stereocenters. The molecule has 0 saturated carbocycles. The maximum atomic E-state index is 12.3. The van der Waals surface area contributed by atoms with Gasteiger partial charge in [0, 0.05) is 36.6 Å². The van der Waals surface area contributed by atoms with Crippen LogP contribution in [0.1, 0.15) is 22.9 Å². The number of hydrogen-bond acceptors (Lipinski definition) is 5. The number of thiophene rings is 1. The molecule has 1 aromatic carbocycles. The van der Waals surface area contributed by atoms with Gasteiger partial charge in [0.05, 0.1) is 19.3 Å². The van der Waals surface area contributed by atoms with Crippen LogP contribution in [0.3, 0.4) is 0 Å². The van der Waals surface area contributed by atoms with Gasteiger partial charge in [0.15, 0.2) is 0 Å². The molecule has 1 aliphatic heterocycles. The molecular weight excluding hydrogens is 334 g/mol. The zero-order valence-corrected chi connectivity index (χ0v) is 15.1. The third-order valence-corrected chi connectivity index (χ3v) is 5.50. The SMILES string of the molecule is Nc1ccccc1CCC(=O)NCC(c1cccs1)N1CCOCC1. The molecule has 0 aliphatic carbocycles. The van der Waals surface area contributed by atoms with Gasteiger partial charge >= 0.3 is 0 Å². The summed E-state index contributed by atoms with van der Waals surface area (Å²) in [7, 11) is 0. The lowest BCUT2D eigenvalue weighted by molar-refractivity contribution is -0.121. The third-order valence-electron chi connectivity index (χ3n) is 4.53. The molecule has 5 nitrogen and oxygen atoms in total. The van der Waals surface area contributed by atoms with Crippen molar-refractivity contribution >= 4 is 22.9 Å². The molecule has 1 aliphatic rings. The molecule has 2 aromatic rings. The molecular formula is C19H25N3O2S. The zero-order valence-electron chi connectivity index (χ0n) is 14.3. The highest BCUT2D eigenvalue weighted by molar-refractivity contribution is 7.10. The van der Waals surface area contributed by atoms with Crippen molar-refractivity contribution in [2.75, 3.05) is 38.6 Å². The number of anilines is 1. The molecule has 2 heterocycles. The van der Waals surface area contributed by atoms with Crippen LogP contribution in [0.2, 0.25) is 0 Å². The number of aryl methyl sites for hydroxylation is 1. The first-order chi connectivity index (χ1) is 12.2. The number of rotatable bonds is 7. The van der Waals surface area contributed by atoms with Crippen LogP contribution in [0, 0.1) is 0 Å². The smallest absolute Gasteiger partial charge is 0.220 e. The second-order valence-corrected chi connectivity index (χ2v) is 7.16. The molecule has 1 amide bonds. The van der Waals surface area contributed by atoms with Gasteiger partial charge in [-0.1, -0.05) is 24.3 Å². The van der Waals surface area contributed by atoms with E-state index in [9.17, 15) is 4.79 Å². The fourth-order valence-corrected chi connectivity index (χ4v) is 3.95. The Balaban J connectivity index is 1.53. The highest BCUT2D eigenvalue weighted by atomic mass is 32.1. The van der Waals surface area contributed by atoms with E-state index in [2.05, 4.69) is 27.7 Å². The van der Waals surface area contributed by atoms with E-state index in [-0.39, 0.29) is 11.9 Å². The zero-order chi connectivity index (χ0) is 17.5. The Morgan fingerprint density at radius 1 is 1.24 bits per heavy atom. The van der Waals surface area contributed by atoms with E-state index < -0.39 is 0 Å². The highest BCUT2D eigenvalue weighted by Gasteiger charge is 2.23. The van der Waals surface area contributed by atoms with Gasteiger partial charge in [-0.25, -0.2) is 0 Å². The largest absolute Gasteiger partial charge is 0.399 e. The predicted octanol–water partition coefficient (Wildman–Crippen LogP) is 2.45. The number of nitrogen functional groups attached to an aromatic ring is 1. The number of amides is 1. The molecule has 25 heavy (non-hydrogen) atoms. The summed E-state index contributed by atoms with van der Waals surface area (Å²) in [6.07, 6.45) is 1.12. The molecule has 0 radical (unpaired) electrons. The van der Waals surface area contributed by atoms with E-state index in [4.69, 9.17) is 10.5 Å². The van der Waals surface area contributed by atoms with Crippen molar-refractivity contribution in [1.82, 2.24) is 10.2 Å². The van der Waals surface area contributed by atoms with Gasteiger partial charge in [0.1, 0.15) is 0 Å². The number of nitrogens with zero attached hydrogens (tertiary/aromatic N) is 1. The quantitative estimate of drug-likeness (QED) is 0.745. The van der Waals surface area contributed by atoms with Gasteiger partial charge in [-0.05, 0) is 29.5 Å². The molecule has 6 heteroatoms. The summed E-state index contributed by atoms with van der Waals surface area (Å²) in [5.41, 5.74) is 7.72. The molecule has 1 atom stereocenters. The molecule has 0 spiro atoms. The van der Waals surface area contributed by atoms with Crippen molar-refractivity contribution in [2.24, 2.45) is 0 Å². The number of morpholine rings is 1. The van der Waals surface area contributed by atoms with Crippen molar-refractivity contribution in [1.29, 1.82) is 0 Å². The normalized spacial score (nSPS) is 16.5. The van der Waals surface area contributed by atoms with Gasteiger partial charge in [-0.2, -0.15) is 0 Å². The van der Waals surface area contributed by atoms with Crippen molar-refractivity contribution in [3.8, 4) is 0 Å². The van der Waals surface area contributed by atoms with Crippen molar-refractivity contribution in [3.05, 3.63) is 52.2 Å². The lowest BCUT2D eigenvalue weighted by atomic mass is 10.1. The minimum Gasteiger partial charge on any atom is -0.399 e. The van der Waals surface area contributed by atoms with Crippen LogP contribution in [0.25, 0.3) is 0 Å². The minimum atomic E-state index is 0.0677. The van der Waals surface area contributed by atoms with Crippen LogP contribution in [-0.4, -0.2) is 43.7 Å². The van der Waals surface area contributed by atoms with Crippen LogP contribution in [0.15, 0.2) is 41.8 Å². The van der Waals surface area contributed by atoms with E-state index in [1.807, 2.05) is 24.3 Å². The average Bonchev–Trinajstić information content (AvgIpc) is 3.16. The van der Waals surface area contributed by atoms with Gasteiger partial charge in [-0.15, -0.1) is 11.3 Å². The Hall–Kier alpha value is -1.89. The number of ether oxygens (including phenoxy) is 1. The van der Waals surface area contributed by atoms with Gasteiger partial charge in [-0.3, -0.25) is 9.69 Å². The number of hydrogen-bond donors (Lipinski definition) is 2. The van der Waals surface area contributed by atoms with E-state index in [1.54, 1.807) is 11.3 Å². The van der Waals surface area contributed by atoms with E-state index >= 15 is 0 Å². The second-order valence-electron chi connectivity index (χ2n) is 6.18. The number of carbonyl (C=O) groups is 1. The topological polar surface area (TPSA) is 67.6 Å². The molecule has 0 bridgehead atoms. The summed E-state index contributed by atoms with van der Waals surface area (Å²) in [4.78, 5) is 16.0. The Kier molecular flexibility index (Phi) is 6.44. The monoisotopic (exact) mass is 359 g/mol. The fraction of sp³-hybridized carbons (Fsp3) is 0.421. The number of benzene rings is 1. The lowest BCUT2D eigenvalue weighted by Crippen LogP contribution is -2.43. The van der Waals surface area contributed by atoms with Crippen molar-refractivity contribution in [2.45, 2.75) is 18.9 Å². The van der Waals surface area contributed by atoms with Gasteiger partial charge in [0.25, 0.3) is 0 Å². The molecule has 1 fully saturated rings. The maximum Gasteiger partial charge on any atom is 0.220 e. The Morgan fingerprint density at radius 3 is 2.76 bits per heavy atom. The fourth-order valence-electron chi connectivity index (χ4n) is 3.09. The molecule has 3 rings (SSSR count). The first-order valence-corrected chi connectivity index (χ1v) is 9.57. The average molecular weight is 359 g/mol. The number of nitrogens with two attached hydrogens (primary N) is 1. The maximum absolute atomic E-state index is 12.3. The predicted molar refractivity (Wildman–Crippen MR) is 102 cm³/mol. The second kappa shape index (κ2) is 8.99. The summed E-state index contributed by atoms with van der Waals surface area (Å²) in [5.74, 6) is 0.0677. The number of nitrogens with one attached hydrogen (secondary N) is 1. The van der Waals surface area contributed by atoms with Crippen LogP contribution in [-0.2, 0) is 16.0 Å².